The molecular weight excluding hydrogens is 525 g/mol. The first kappa shape index (κ1) is 30.8. The Bertz CT molecular complexity index is 934. The second-order valence-corrected chi connectivity index (χ2v) is 30.0. The van der Waals surface area contributed by atoms with Crippen LogP contribution in [-0.2, 0) is 22.9 Å². The average Bonchev–Trinajstić information content (AvgIpc) is 3.01. The zero-order valence-electron chi connectivity index (χ0n) is 26.3. The third kappa shape index (κ3) is 5.65. The number of rotatable bonds is 8. The van der Waals surface area contributed by atoms with E-state index in [1.807, 2.05) is 0 Å². The van der Waals surface area contributed by atoms with Crippen molar-refractivity contribution in [3.8, 4) is 0 Å². The molecule has 218 valence electrons. The summed E-state index contributed by atoms with van der Waals surface area (Å²) < 4.78 is 19.7. The SMILES string of the molecule is C[C@]12CCC(O[Si](C)(C)C)CC1CCC1C2C(=O)C[C@@]2(C)C1CC[C@]2(O[Si](C)(C)C)C(=O)CO[Si](C)(C)C. The van der Waals surface area contributed by atoms with Gasteiger partial charge in [0, 0.05) is 23.9 Å². The largest absolute Gasteiger partial charge is 0.415 e. The lowest BCUT2D eigenvalue weighted by atomic mass is 9.44. The third-order valence-electron chi connectivity index (χ3n) is 10.5. The van der Waals surface area contributed by atoms with Gasteiger partial charge in [-0.05, 0) is 127 Å². The number of fused-ring (bicyclic) bond motifs is 5. The molecule has 38 heavy (non-hydrogen) atoms. The van der Waals surface area contributed by atoms with Crippen molar-refractivity contribution in [2.75, 3.05) is 6.61 Å². The van der Waals surface area contributed by atoms with Crippen molar-refractivity contribution >= 4 is 36.5 Å². The molecule has 0 heterocycles. The Morgan fingerprint density at radius 3 is 2.11 bits per heavy atom. The molecular formula is C30H56O5Si3. The van der Waals surface area contributed by atoms with Crippen LogP contribution in [0.2, 0.25) is 58.9 Å². The Hall–Kier alpha value is -0.129. The number of hydrogen-bond donors (Lipinski definition) is 0. The fourth-order valence-corrected chi connectivity index (χ4v) is 12.5. The van der Waals surface area contributed by atoms with E-state index in [-0.39, 0.29) is 23.7 Å². The van der Waals surface area contributed by atoms with Crippen molar-refractivity contribution in [3.05, 3.63) is 0 Å². The molecule has 0 spiro atoms. The van der Waals surface area contributed by atoms with Gasteiger partial charge in [-0.1, -0.05) is 13.8 Å². The molecule has 0 aromatic heterocycles. The molecule has 0 N–H and O–H groups in total. The lowest BCUT2D eigenvalue weighted by molar-refractivity contribution is -0.176. The molecule has 8 atom stereocenters. The van der Waals surface area contributed by atoms with Gasteiger partial charge >= 0.3 is 0 Å². The summed E-state index contributed by atoms with van der Waals surface area (Å²) in [5.41, 5.74) is -1.30. The zero-order chi connectivity index (χ0) is 28.5. The van der Waals surface area contributed by atoms with Gasteiger partial charge in [-0.3, -0.25) is 9.59 Å². The fraction of sp³-hybridized carbons (Fsp3) is 0.933. The summed E-state index contributed by atoms with van der Waals surface area (Å²) in [6.45, 7) is 24.6. The van der Waals surface area contributed by atoms with Crippen LogP contribution in [0.5, 0.6) is 0 Å². The molecule has 0 bridgehead atoms. The Morgan fingerprint density at radius 1 is 0.868 bits per heavy atom. The van der Waals surface area contributed by atoms with Gasteiger partial charge in [0.15, 0.2) is 30.7 Å². The smallest absolute Gasteiger partial charge is 0.188 e. The minimum absolute atomic E-state index is 0.0521. The predicted octanol–water partition coefficient (Wildman–Crippen LogP) is 7.44. The Labute approximate surface area is 235 Å². The maximum Gasteiger partial charge on any atom is 0.188 e. The molecule has 0 aromatic rings. The summed E-state index contributed by atoms with van der Waals surface area (Å²) >= 11 is 0. The Morgan fingerprint density at radius 2 is 1.53 bits per heavy atom. The van der Waals surface area contributed by atoms with Crippen molar-refractivity contribution in [1.29, 1.82) is 0 Å². The summed E-state index contributed by atoms with van der Waals surface area (Å²) in [6, 6.07) is 0. The summed E-state index contributed by atoms with van der Waals surface area (Å²) in [7, 11) is -5.52. The summed E-state index contributed by atoms with van der Waals surface area (Å²) in [6.07, 6.45) is 8.08. The standard InChI is InChI=1S/C30H56O5Si3/c1-28-16-14-22(34-37(6,7)8)18-21(28)12-13-23-24-15-17-30(35-38(9,10)11,26(32)20-33-36(3,4)5)29(24,2)19-25(31)27(23)28/h21-24,27H,12-20H2,1-11H3/t21?,22?,23?,24?,27?,28-,29-,30-/m0/s1. The molecule has 0 amide bonds. The van der Waals surface area contributed by atoms with Crippen LogP contribution in [0.15, 0.2) is 0 Å². The van der Waals surface area contributed by atoms with Gasteiger partial charge < -0.3 is 13.3 Å². The van der Waals surface area contributed by atoms with Crippen LogP contribution < -0.4 is 0 Å². The number of carbonyl (C=O) groups excluding carboxylic acids is 2. The van der Waals surface area contributed by atoms with E-state index in [1.165, 1.54) is 6.42 Å². The van der Waals surface area contributed by atoms with E-state index in [1.54, 1.807) is 0 Å². The van der Waals surface area contributed by atoms with E-state index < -0.39 is 36.0 Å². The maximum absolute atomic E-state index is 14.3. The van der Waals surface area contributed by atoms with Gasteiger partial charge in [-0.2, -0.15) is 0 Å². The van der Waals surface area contributed by atoms with E-state index in [2.05, 4.69) is 72.8 Å². The number of carbonyl (C=O) groups is 2. The lowest BCUT2D eigenvalue weighted by Crippen LogP contribution is -2.64. The first-order chi connectivity index (χ1) is 17.2. The predicted molar refractivity (Wildman–Crippen MR) is 162 cm³/mol. The van der Waals surface area contributed by atoms with Crippen LogP contribution in [0.4, 0.5) is 0 Å². The molecule has 4 aliphatic carbocycles. The van der Waals surface area contributed by atoms with Crippen molar-refractivity contribution in [1.82, 2.24) is 0 Å². The average molecular weight is 581 g/mol. The third-order valence-corrected chi connectivity index (χ3v) is 13.5. The van der Waals surface area contributed by atoms with Gasteiger partial charge in [0.2, 0.25) is 0 Å². The highest BCUT2D eigenvalue weighted by molar-refractivity contribution is 6.70. The molecule has 0 radical (unpaired) electrons. The van der Waals surface area contributed by atoms with Gasteiger partial charge in [0.1, 0.15) is 11.4 Å². The molecule has 5 unspecified atom stereocenters. The van der Waals surface area contributed by atoms with Crippen molar-refractivity contribution in [2.24, 2.45) is 34.5 Å². The highest BCUT2D eigenvalue weighted by Crippen LogP contribution is 2.68. The van der Waals surface area contributed by atoms with Crippen molar-refractivity contribution < 1.29 is 22.9 Å². The van der Waals surface area contributed by atoms with Crippen LogP contribution in [0, 0.1) is 34.5 Å². The maximum atomic E-state index is 14.3. The second-order valence-electron chi connectivity index (χ2n) is 16.6. The fourth-order valence-electron chi connectivity index (χ4n) is 9.23. The topological polar surface area (TPSA) is 61.8 Å². The molecule has 0 aliphatic heterocycles. The molecule has 4 aliphatic rings. The molecule has 5 nitrogen and oxygen atoms in total. The van der Waals surface area contributed by atoms with Gasteiger partial charge in [-0.25, -0.2) is 0 Å². The highest BCUT2D eigenvalue weighted by atomic mass is 28.4. The van der Waals surface area contributed by atoms with E-state index >= 15 is 0 Å². The minimum atomic E-state index is -2.08. The molecule has 4 saturated carbocycles. The van der Waals surface area contributed by atoms with E-state index in [0.29, 0.717) is 36.1 Å². The van der Waals surface area contributed by atoms with Crippen LogP contribution >= 0.6 is 0 Å². The molecule has 0 aromatic carbocycles. The lowest BCUT2D eigenvalue weighted by Gasteiger charge is -2.61. The van der Waals surface area contributed by atoms with Crippen LogP contribution in [0.3, 0.4) is 0 Å². The summed E-state index contributed by atoms with van der Waals surface area (Å²) in [5, 5.41) is 0. The number of Topliss-reactive ketones (excluding diaryl/α,β-unsaturated/α-hetero) is 2. The minimum Gasteiger partial charge on any atom is -0.415 e. The monoisotopic (exact) mass is 580 g/mol. The summed E-state index contributed by atoms with van der Waals surface area (Å²) in [4.78, 5) is 28.5. The normalized spacial score (nSPS) is 41.9. The van der Waals surface area contributed by atoms with Crippen molar-refractivity contribution in [2.45, 2.75) is 136 Å². The number of hydrogen-bond acceptors (Lipinski definition) is 5. The molecule has 4 fully saturated rings. The zero-order valence-corrected chi connectivity index (χ0v) is 29.3. The Balaban J connectivity index is 1.63. The Kier molecular flexibility index (Phi) is 8.11. The first-order valence-corrected chi connectivity index (χ1v) is 25.5. The van der Waals surface area contributed by atoms with Crippen LogP contribution in [0.25, 0.3) is 0 Å². The quantitative estimate of drug-likeness (QED) is 0.279. The molecule has 8 heteroatoms. The first-order valence-electron chi connectivity index (χ1n) is 15.3. The van der Waals surface area contributed by atoms with Crippen molar-refractivity contribution in [3.63, 3.8) is 0 Å². The highest BCUT2D eigenvalue weighted by Gasteiger charge is 2.70. The molecule has 0 saturated heterocycles. The summed E-state index contributed by atoms with van der Waals surface area (Å²) in [5.74, 6) is 1.87. The molecule has 4 rings (SSSR count). The number of ketones is 2. The van der Waals surface area contributed by atoms with E-state index in [0.717, 1.165) is 38.5 Å². The van der Waals surface area contributed by atoms with Gasteiger partial charge in [0.25, 0.3) is 0 Å². The second kappa shape index (κ2) is 10.0. The van der Waals surface area contributed by atoms with Gasteiger partial charge in [0.05, 0.1) is 6.61 Å². The van der Waals surface area contributed by atoms with Crippen LogP contribution in [-0.4, -0.2) is 54.8 Å². The van der Waals surface area contributed by atoms with Gasteiger partial charge in [-0.15, -0.1) is 0 Å². The van der Waals surface area contributed by atoms with Crippen LogP contribution in [0.1, 0.15) is 65.2 Å². The van der Waals surface area contributed by atoms with E-state index in [9.17, 15) is 9.59 Å². The van der Waals surface area contributed by atoms with E-state index in [4.69, 9.17) is 13.3 Å².